The van der Waals surface area contributed by atoms with Gasteiger partial charge in [0.25, 0.3) is 0 Å². The zero-order chi connectivity index (χ0) is 9.14. The third-order valence-corrected chi connectivity index (χ3v) is 1.47. The molecule has 0 bridgehead atoms. The first-order chi connectivity index (χ1) is 5.69. The smallest absolute Gasteiger partial charge is 0.170 e. The van der Waals surface area contributed by atoms with Gasteiger partial charge in [-0.15, -0.1) is 0 Å². The van der Waals surface area contributed by atoms with Crippen LogP contribution in [0.3, 0.4) is 0 Å². The number of anilines is 1. The van der Waals surface area contributed by atoms with E-state index in [-0.39, 0.29) is 17.9 Å². The molecule has 12 heavy (non-hydrogen) atoms. The molecule has 0 saturated carbocycles. The van der Waals surface area contributed by atoms with Crippen molar-refractivity contribution in [3.05, 3.63) is 17.2 Å². The number of nitrogen functional groups attached to an aromatic ring is 1. The van der Waals surface area contributed by atoms with Crippen LogP contribution in [-0.4, -0.2) is 16.3 Å². The zero-order valence-corrected chi connectivity index (χ0v) is 6.74. The van der Waals surface area contributed by atoms with Crippen LogP contribution in [0.5, 0.6) is 0 Å². The number of aryl methyl sites for hydroxylation is 1. The predicted octanol–water partition coefficient (Wildman–Crippen LogP) is -0.362. The number of hydrogen-bond acceptors (Lipinski definition) is 5. The molecule has 5 heteroatoms. The molecular formula is C7H10N4O. The van der Waals surface area contributed by atoms with Gasteiger partial charge in [-0.25, -0.2) is 9.97 Å². The summed E-state index contributed by atoms with van der Waals surface area (Å²) >= 11 is 0. The van der Waals surface area contributed by atoms with Gasteiger partial charge >= 0.3 is 0 Å². The first-order valence-electron chi connectivity index (χ1n) is 3.47. The molecule has 0 atom stereocenters. The second-order valence-corrected chi connectivity index (χ2v) is 2.34. The molecule has 0 spiro atoms. The van der Waals surface area contributed by atoms with E-state index in [1.807, 2.05) is 0 Å². The fourth-order valence-corrected chi connectivity index (χ4v) is 0.908. The van der Waals surface area contributed by atoms with E-state index in [9.17, 15) is 4.79 Å². The largest absolute Gasteiger partial charge is 0.395 e. The average molecular weight is 166 g/mol. The maximum atomic E-state index is 10.4. The van der Waals surface area contributed by atoms with Crippen molar-refractivity contribution < 1.29 is 4.79 Å². The molecule has 4 N–H and O–H groups in total. The number of carbonyl (C=O) groups is 1. The van der Waals surface area contributed by atoms with Crippen LogP contribution in [0.25, 0.3) is 0 Å². The summed E-state index contributed by atoms with van der Waals surface area (Å²) in [5, 5.41) is 0. The fourth-order valence-electron chi connectivity index (χ4n) is 0.908. The highest BCUT2D eigenvalue weighted by molar-refractivity contribution is 5.81. The molecule has 0 amide bonds. The van der Waals surface area contributed by atoms with Gasteiger partial charge in [-0.1, -0.05) is 0 Å². The molecule has 0 aliphatic carbocycles. The van der Waals surface area contributed by atoms with Crippen LogP contribution in [0.15, 0.2) is 0 Å². The Balaban J connectivity index is 3.31. The first kappa shape index (κ1) is 8.61. The Morgan fingerprint density at radius 3 is 2.67 bits per heavy atom. The van der Waals surface area contributed by atoms with E-state index in [0.717, 1.165) is 0 Å². The van der Waals surface area contributed by atoms with Crippen molar-refractivity contribution in [3.8, 4) is 0 Å². The number of aromatic nitrogens is 2. The van der Waals surface area contributed by atoms with Crippen LogP contribution >= 0.6 is 0 Å². The molecule has 0 fully saturated rings. The molecule has 0 aliphatic rings. The lowest BCUT2D eigenvalue weighted by Crippen LogP contribution is -2.10. The Labute approximate surface area is 69.8 Å². The maximum Gasteiger partial charge on any atom is 0.170 e. The fraction of sp³-hybridized carbons (Fsp3) is 0.286. The van der Waals surface area contributed by atoms with Gasteiger partial charge in [0.15, 0.2) is 6.29 Å². The zero-order valence-electron chi connectivity index (χ0n) is 6.74. The highest BCUT2D eigenvalue weighted by Gasteiger charge is 2.06. The van der Waals surface area contributed by atoms with Crippen LogP contribution < -0.4 is 11.5 Å². The number of carbonyl (C=O) groups excluding carboxylic acids is 1. The summed E-state index contributed by atoms with van der Waals surface area (Å²) in [7, 11) is 0. The van der Waals surface area contributed by atoms with Gasteiger partial charge < -0.3 is 11.5 Å². The summed E-state index contributed by atoms with van der Waals surface area (Å²) in [6, 6.07) is 0. The van der Waals surface area contributed by atoms with Crippen molar-refractivity contribution in [2.45, 2.75) is 13.5 Å². The number of nitrogens with two attached hydrogens (primary N) is 2. The van der Waals surface area contributed by atoms with Gasteiger partial charge in [-0.2, -0.15) is 0 Å². The van der Waals surface area contributed by atoms with Crippen molar-refractivity contribution in [1.82, 2.24) is 9.97 Å². The van der Waals surface area contributed by atoms with E-state index in [1.54, 1.807) is 6.92 Å². The van der Waals surface area contributed by atoms with Crippen LogP contribution in [0.1, 0.15) is 22.0 Å². The summed E-state index contributed by atoms with van der Waals surface area (Å²) in [4.78, 5) is 18.3. The summed E-state index contributed by atoms with van der Waals surface area (Å²) in [5.74, 6) is 0.506. The van der Waals surface area contributed by atoms with E-state index < -0.39 is 0 Å². The van der Waals surface area contributed by atoms with E-state index >= 15 is 0 Å². The monoisotopic (exact) mass is 166 g/mol. The molecule has 64 valence electrons. The molecule has 1 heterocycles. The maximum absolute atomic E-state index is 10.4. The summed E-state index contributed by atoms with van der Waals surface area (Å²) in [6.45, 7) is 1.90. The van der Waals surface area contributed by atoms with E-state index in [4.69, 9.17) is 11.5 Å². The van der Waals surface area contributed by atoms with Gasteiger partial charge in [0.2, 0.25) is 0 Å². The minimum atomic E-state index is 0.211. The molecule has 5 nitrogen and oxygen atoms in total. The van der Waals surface area contributed by atoms with Crippen LogP contribution in [-0.2, 0) is 6.54 Å². The van der Waals surface area contributed by atoms with Crippen molar-refractivity contribution >= 4 is 12.0 Å². The molecule has 0 unspecified atom stereocenters. The Hall–Kier alpha value is -1.49. The van der Waals surface area contributed by atoms with Crippen molar-refractivity contribution in [3.63, 3.8) is 0 Å². The number of aldehydes is 1. The molecule has 0 saturated heterocycles. The molecule has 1 aromatic heterocycles. The number of rotatable bonds is 2. The summed E-state index contributed by atoms with van der Waals surface area (Å²) in [6.07, 6.45) is 0.600. The van der Waals surface area contributed by atoms with Gasteiger partial charge in [-0.05, 0) is 6.92 Å². The quantitative estimate of drug-likeness (QED) is 0.585. The predicted molar refractivity (Wildman–Crippen MR) is 44.5 cm³/mol. The average Bonchev–Trinajstić information content (AvgIpc) is 2.08. The normalized spacial score (nSPS) is 9.83. The topological polar surface area (TPSA) is 94.9 Å². The molecule has 1 rings (SSSR count). The van der Waals surface area contributed by atoms with E-state index in [0.29, 0.717) is 17.8 Å². The molecular weight excluding hydrogens is 156 g/mol. The highest BCUT2D eigenvalue weighted by Crippen LogP contribution is 2.10. The van der Waals surface area contributed by atoms with E-state index in [2.05, 4.69) is 9.97 Å². The van der Waals surface area contributed by atoms with Gasteiger partial charge in [-0.3, -0.25) is 4.79 Å². The van der Waals surface area contributed by atoms with Crippen LogP contribution in [0.2, 0.25) is 0 Å². The molecule has 1 aromatic rings. The second kappa shape index (κ2) is 3.27. The minimum absolute atomic E-state index is 0.211. The lowest BCUT2D eigenvalue weighted by Gasteiger charge is -2.04. The molecule has 0 aliphatic heterocycles. The summed E-state index contributed by atoms with van der Waals surface area (Å²) in [5.41, 5.74) is 11.9. The second-order valence-electron chi connectivity index (χ2n) is 2.34. The van der Waals surface area contributed by atoms with Gasteiger partial charge in [0.05, 0.1) is 11.4 Å². The Morgan fingerprint density at radius 1 is 1.50 bits per heavy atom. The van der Waals surface area contributed by atoms with E-state index in [1.165, 1.54) is 0 Å². The number of nitrogens with zero attached hydrogens (tertiary/aromatic N) is 2. The minimum Gasteiger partial charge on any atom is -0.395 e. The Kier molecular flexibility index (Phi) is 2.35. The SMILES string of the molecule is Cc1nc(C=O)c(N)c(CN)n1. The van der Waals surface area contributed by atoms with Crippen molar-refractivity contribution in [2.24, 2.45) is 5.73 Å². The Bertz CT molecular complexity index is 311. The first-order valence-corrected chi connectivity index (χ1v) is 3.47. The van der Waals surface area contributed by atoms with Crippen LogP contribution in [0, 0.1) is 6.92 Å². The third kappa shape index (κ3) is 1.40. The van der Waals surface area contributed by atoms with Gasteiger partial charge in [0.1, 0.15) is 11.5 Å². The standard InChI is InChI=1S/C7H10N4O/c1-4-10-5(2-8)7(9)6(3-12)11-4/h3H,2,8-9H2,1H3. The Morgan fingerprint density at radius 2 is 2.17 bits per heavy atom. The van der Waals surface area contributed by atoms with Gasteiger partial charge in [0, 0.05) is 6.54 Å². The summed E-state index contributed by atoms with van der Waals surface area (Å²) < 4.78 is 0. The third-order valence-electron chi connectivity index (χ3n) is 1.47. The van der Waals surface area contributed by atoms with Crippen molar-refractivity contribution in [2.75, 3.05) is 5.73 Å². The lowest BCUT2D eigenvalue weighted by atomic mass is 10.2. The molecule has 0 radical (unpaired) electrons. The highest BCUT2D eigenvalue weighted by atomic mass is 16.1. The lowest BCUT2D eigenvalue weighted by molar-refractivity contribution is 0.111. The molecule has 0 aromatic carbocycles. The van der Waals surface area contributed by atoms with Crippen LogP contribution in [0.4, 0.5) is 5.69 Å². The van der Waals surface area contributed by atoms with Crippen molar-refractivity contribution in [1.29, 1.82) is 0 Å². The number of hydrogen-bond donors (Lipinski definition) is 2.